The molecule has 0 fully saturated rings. The van der Waals surface area contributed by atoms with Gasteiger partial charge in [-0.15, -0.1) is 0 Å². The summed E-state index contributed by atoms with van der Waals surface area (Å²) in [5.74, 6) is -0.370. The predicted molar refractivity (Wildman–Crippen MR) is 102 cm³/mol. The van der Waals surface area contributed by atoms with Gasteiger partial charge in [0.1, 0.15) is 5.75 Å². The average molecular weight is 415 g/mol. The minimum atomic E-state index is -1.06. The maximum absolute atomic E-state index is 12.8. The van der Waals surface area contributed by atoms with Gasteiger partial charge in [0.2, 0.25) is 0 Å². The second-order valence-corrected chi connectivity index (χ2v) is 6.39. The van der Waals surface area contributed by atoms with Gasteiger partial charge >= 0.3 is 5.97 Å². The second kappa shape index (κ2) is 7.05. The molecule has 1 heterocycles. The number of aromatic nitrogens is 2. The highest BCUT2D eigenvalue weighted by Gasteiger charge is 2.09. The lowest BCUT2D eigenvalue weighted by atomic mass is 10.2. The summed E-state index contributed by atoms with van der Waals surface area (Å²) in [6, 6.07) is 11.6. The summed E-state index contributed by atoms with van der Waals surface area (Å²) >= 11 is 3.41. The summed E-state index contributed by atoms with van der Waals surface area (Å²) in [4.78, 5) is 23.9. The first kappa shape index (κ1) is 17.8. The Morgan fingerprint density at radius 3 is 2.73 bits per heavy atom. The molecule has 3 rings (SSSR count). The number of carboxylic acid groups (broad SMARTS) is 1. The highest BCUT2D eigenvalue weighted by atomic mass is 79.9. The van der Waals surface area contributed by atoms with Crippen LogP contribution in [0.5, 0.6) is 5.75 Å². The number of hydrogen-bond donors (Lipinski definition) is 2. The van der Waals surface area contributed by atoms with E-state index < -0.39 is 5.97 Å². The summed E-state index contributed by atoms with van der Waals surface area (Å²) in [6.07, 6.45) is 1.71. The van der Waals surface area contributed by atoms with E-state index in [1.54, 1.807) is 31.4 Å². The first-order valence-corrected chi connectivity index (χ1v) is 8.39. The first-order valence-electron chi connectivity index (χ1n) is 7.59. The van der Waals surface area contributed by atoms with Crippen LogP contribution >= 0.6 is 15.9 Å². The largest absolute Gasteiger partial charge is 0.496 e. The third-order valence-corrected chi connectivity index (χ3v) is 4.46. The van der Waals surface area contributed by atoms with Crippen molar-refractivity contribution in [3.63, 3.8) is 0 Å². The van der Waals surface area contributed by atoms with Crippen LogP contribution in [0, 0.1) is 0 Å². The van der Waals surface area contributed by atoms with Crippen LogP contribution in [-0.4, -0.2) is 28.0 Å². The molecule has 0 amide bonds. The van der Waals surface area contributed by atoms with Gasteiger partial charge < -0.3 is 9.84 Å². The second-order valence-electron chi connectivity index (χ2n) is 5.54. The number of ether oxygens (including phenoxy) is 1. The standard InChI is InChI=1S/C19H15BrN2O4/c1-11-15(8-12-6-7-17(26-2)16(20)9-12)18(23)22(21-11)14-5-3-4-13(10-14)19(24)25/h3-10,21H,1H2,2H3,(H,24,25)/b15-8+. The van der Waals surface area contributed by atoms with Crippen molar-refractivity contribution < 1.29 is 14.6 Å². The van der Waals surface area contributed by atoms with Crippen molar-refractivity contribution in [2.75, 3.05) is 7.11 Å². The zero-order chi connectivity index (χ0) is 18.8. The lowest BCUT2D eigenvalue weighted by Crippen LogP contribution is -2.34. The van der Waals surface area contributed by atoms with Crippen LogP contribution in [0.15, 0.2) is 51.7 Å². The van der Waals surface area contributed by atoms with Gasteiger partial charge in [0, 0.05) is 0 Å². The molecule has 0 atom stereocenters. The van der Waals surface area contributed by atoms with Gasteiger partial charge in [-0.2, -0.15) is 0 Å². The van der Waals surface area contributed by atoms with Crippen molar-refractivity contribution in [3.8, 4) is 11.4 Å². The van der Waals surface area contributed by atoms with Gasteiger partial charge in [0.05, 0.1) is 33.4 Å². The fourth-order valence-corrected chi connectivity index (χ4v) is 3.10. The van der Waals surface area contributed by atoms with Crippen LogP contribution in [0.4, 0.5) is 0 Å². The molecule has 0 radical (unpaired) electrons. The maximum Gasteiger partial charge on any atom is 0.335 e. The van der Waals surface area contributed by atoms with Crippen molar-refractivity contribution in [1.82, 2.24) is 9.78 Å². The number of aromatic amines is 1. The van der Waals surface area contributed by atoms with E-state index in [1.807, 2.05) is 12.1 Å². The number of halogens is 1. The summed E-state index contributed by atoms with van der Waals surface area (Å²) < 4.78 is 7.24. The van der Waals surface area contributed by atoms with Crippen LogP contribution in [0.3, 0.4) is 0 Å². The number of nitrogens with zero attached hydrogens (tertiary/aromatic N) is 1. The summed E-state index contributed by atoms with van der Waals surface area (Å²) in [5, 5.41) is 12.8. The van der Waals surface area contributed by atoms with Crippen LogP contribution in [0.1, 0.15) is 15.9 Å². The number of carbonyl (C=O) groups is 1. The summed E-state index contributed by atoms with van der Waals surface area (Å²) in [6.45, 7) is 3.88. The monoisotopic (exact) mass is 414 g/mol. The molecular weight excluding hydrogens is 400 g/mol. The molecule has 0 aliphatic rings. The van der Waals surface area contributed by atoms with Crippen molar-refractivity contribution in [3.05, 3.63) is 79.0 Å². The van der Waals surface area contributed by atoms with Crippen LogP contribution in [0.2, 0.25) is 0 Å². The molecule has 1 aromatic heterocycles. The lowest BCUT2D eigenvalue weighted by Gasteiger charge is -2.03. The van der Waals surface area contributed by atoms with E-state index in [2.05, 4.69) is 27.6 Å². The number of rotatable bonds is 4. The maximum atomic E-state index is 12.8. The molecule has 0 saturated carbocycles. The molecule has 6 nitrogen and oxygen atoms in total. The fourth-order valence-electron chi connectivity index (χ4n) is 2.54. The fraction of sp³-hybridized carbons (Fsp3) is 0.0526. The van der Waals surface area contributed by atoms with Gasteiger partial charge in [-0.3, -0.25) is 9.89 Å². The number of H-pyrrole nitrogens is 1. The molecule has 26 heavy (non-hydrogen) atoms. The quantitative estimate of drug-likeness (QED) is 0.682. The summed E-state index contributed by atoms with van der Waals surface area (Å²) in [5.41, 5.74) is 1.00. The Morgan fingerprint density at radius 1 is 1.31 bits per heavy atom. The Labute approximate surface area is 156 Å². The smallest absolute Gasteiger partial charge is 0.335 e. The molecule has 0 aliphatic carbocycles. The van der Waals surface area contributed by atoms with Crippen molar-refractivity contribution in [1.29, 1.82) is 0 Å². The van der Waals surface area contributed by atoms with Crippen molar-refractivity contribution in [2.24, 2.45) is 0 Å². The molecule has 2 aromatic carbocycles. The molecule has 0 saturated heterocycles. The average Bonchev–Trinajstić information content (AvgIpc) is 2.90. The third-order valence-electron chi connectivity index (χ3n) is 3.84. The van der Waals surface area contributed by atoms with Gasteiger partial charge in [0.25, 0.3) is 5.56 Å². The Hall–Kier alpha value is -3.06. The molecule has 3 aromatic rings. The lowest BCUT2D eigenvalue weighted by molar-refractivity contribution is 0.0697. The van der Waals surface area contributed by atoms with E-state index in [-0.39, 0.29) is 11.1 Å². The number of aromatic carboxylic acids is 1. The van der Waals surface area contributed by atoms with Gasteiger partial charge in [-0.05, 0) is 57.9 Å². The molecule has 0 aliphatic heterocycles. The topological polar surface area (TPSA) is 84.3 Å². The highest BCUT2D eigenvalue weighted by molar-refractivity contribution is 9.10. The molecular formula is C19H15BrN2O4. The SMILES string of the molecule is C=c1[nH]n(-c2cccc(C(=O)O)c2)c(=O)/c1=C/c1ccc(OC)c(Br)c1. The van der Waals surface area contributed by atoms with E-state index in [1.165, 1.54) is 16.8 Å². The van der Waals surface area contributed by atoms with E-state index in [0.29, 0.717) is 22.0 Å². The highest BCUT2D eigenvalue weighted by Crippen LogP contribution is 2.25. The molecule has 7 heteroatoms. The Morgan fingerprint density at radius 2 is 2.08 bits per heavy atom. The predicted octanol–water partition coefficient (Wildman–Crippen LogP) is 1.87. The first-order chi connectivity index (χ1) is 12.4. The Bertz CT molecular complexity index is 1160. The zero-order valence-corrected chi connectivity index (χ0v) is 15.4. The van der Waals surface area contributed by atoms with Crippen molar-refractivity contribution in [2.45, 2.75) is 0 Å². The number of methoxy groups -OCH3 is 1. The third kappa shape index (κ3) is 3.34. The molecule has 132 valence electrons. The zero-order valence-electron chi connectivity index (χ0n) is 13.8. The Kier molecular flexibility index (Phi) is 4.81. The van der Waals surface area contributed by atoms with E-state index >= 15 is 0 Å². The van der Waals surface area contributed by atoms with E-state index in [0.717, 1.165) is 10.0 Å². The molecule has 0 unspecified atom stereocenters. The van der Waals surface area contributed by atoms with E-state index in [4.69, 9.17) is 9.84 Å². The molecule has 0 spiro atoms. The minimum absolute atomic E-state index is 0.0965. The number of benzene rings is 2. The van der Waals surface area contributed by atoms with E-state index in [9.17, 15) is 9.59 Å². The number of hydrogen-bond acceptors (Lipinski definition) is 3. The van der Waals surface area contributed by atoms with Gasteiger partial charge in [0.15, 0.2) is 0 Å². The van der Waals surface area contributed by atoms with Gasteiger partial charge in [-0.25, -0.2) is 9.48 Å². The van der Waals surface area contributed by atoms with Crippen LogP contribution in [-0.2, 0) is 0 Å². The van der Waals surface area contributed by atoms with Gasteiger partial charge in [-0.1, -0.05) is 18.7 Å². The van der Waals surface area contributed by atoms with Crippen LogP contribution < -0.4 is 20.9 Å². The minimum Gasteiger partial charge on any atom is -0.496 e. The number of nitrogens with one attached hydrogen (secondary N) is 1. The van der Waals surface area contributed by atoms with Crippen molar-refractivity contribution >= 4 is 34.6 Å². The molecule has 0 bridgehead atoms. The molecule has 2 N–H and O–H groups in total. The van der Waals surface area contributed by atoms with Crippen LogP contribution in [0.25, 0.3) is 18.3 Å². The Balaban J connectivity index is 2.14. The summed E-state index contributed by atoms with van der Waals surface area (Å²) in [7, 11) is 1.58. The normalized spacial score (nSPS) is 11.5. The number of carboxylic acids is 1.